The standard InChI is InChI=1S/C13H20ClFN2/c1-3-9(2)7-10(17-16)8-11-12(14)5-4-6-13(11)15/h4-6,9-10,17H,3,7-8,16H2,1-2H3. The minimum Gasteiger partial charge on any atom is -0.271 e. The molecule has 17 heavy (non-hydrogen) atoms. The Balaban J connectivity index is 2.73. The van der Waals surface area contributed by atoms with Crippen molar-refractivity contribution in [2.24, 2.45) is 11.8 Å². The number of benzene rings is 1. The molecule has 0 aliphatic carbocycles. The van der Waals surface area contributed by atoms with Gasteiger partial charge in [-0.2, -0.15) is 0 Å². The van der Waals surface area contributed by atoms with Crippen LogP contribution < -0.4 is 11.3 Å². The van der Waals surface area contributed by atoms with Gasteiger partial charge < -0.3 is 0 Å². The Morgan fingerprint density at radius 2 is 2.18 bits per heavy atom. The van der Waals surface area contributed by atoms with Gasteiger partial charge in [-0.3, -0.25) is 11.3 Å². The zero-order valence-corrected chi connectivity index (χ0v) is 11.1. The number of nitrogens with one attached hydrogen (secondary N) is 1. The Morgan fingerprint density at radius 3 is 2.71 bits per heavy atom. The molecule has 0 saturated carbocycles. The van der Waals surface area contributed by atoms with Crippen LogP contribution >= 0.6 is 11.6 Å². The normalized spacial score (nSPS) is 14.6. The molecule has 2 unspecified atom stereocenters. The summed E-state index contributed by atoms with van der Waals surface area (Å²) in [6, 6.07) is 4.80. The first-order valence-corrected chi connectivity index (χ1v) is 6.35. The van der Waals surface area contributed by atoms with Gasteiger partial charge in [0.2, 0.25) is 0 Å². The second-order valence-electron chi connectivity index (χ2n) is 4.52. The third-order valence-corrected chi connectivity index (χ3v) is 3.49. The quantitative estimate of drug-likeness (QED) is 0.607. The third-order valence-electron chi connectivity index (χ3n) is 3.13. The van der Waals surface area contributed by atoms with Crippen LogP contribution in [0.4, 0.5) is 4.39 Å². The molecule has 0 radical (unpaired) electrons. The van der Waals surface area contributed by atoms with Crippen LogP contribution in [-0.2, 0) is 6.42 Å². The summed E-state index contributed by atoms with van der Waals surface area (Å²) >= 11 is 5.99. The molecular weight excluding hydrogens is 239 g/mol. The Hall–Kier alpha value is -0.640. The van der Waals surface area contributed by atoms with Crippen molar-refractivity contribution in [1.29, 1.82) is 0 Å². The van der Waals surface area contributed by atoms with E-state index in [4.69, 9.17) is 17.4 Å². The van der Waals surface area contributed by atoms with Crippen LogP contribution in [0.1, 0.15) is 32.3 Å². The van der Waals surface area contributed by atoms with E-state index in [0.717, 1.165) is 12.8 Å². The highest BCUT2D eigenvalue weighted by Gasteiger charge is 2.15. The van der Waals surface area contributed by atoms with Crippen LogP contribution in [0.15, 0.2) is 18.2 Å². The van der Waals surface area contributed by atoms with E-state index in [2.05, 4.69) is 19.3 Å². The number of rotatable bonds is 6. The summed E-state index contributed by atoms with van der Waals surface area (Å²) in [5.74, 6) is 5.80. The molecule has 2 atom stereocenters. The first kappa shape index (κ1) is 14.4. The van der Waals surface area contributed by atoms with Crippen LogP contribution in [0.3, 0.4) is 0 Å². The summed E-state index contributed by atoms with van der Waals surface area (Å²) in [6.45, 7) is 4.29. The average molecular weight is 259 g/mol. The highest BCUT2D eigenvalue weighted by molar-refractivity contribution is 6.31. The van der Waals surface area contributed by atoms with Crippen LogP contribution in [0.5, 0.6) is 0 Å². The molecular formula is C13H20ClFN2. The molecule has 1 aromatic carbocycles. The predicted octanol–water partition coefficient (Wildman–Crippen LogP) is 3.29. The molecule has 0 aliphatic heterocycles. The highest BCUT2D eigenvalue weighted by atomic mass is 35.5. The van der Waals surface area contributed by atoms with Gasteiger partial charge in [-0.1, -0.05) is 37.9 Å². The van der Waals surface area contributed by atoms with Crippen LogP contribution in [-0.4, -0.2) is 6.04 Å². The number of nitrogens with two attached hydrogens (primary N) is 1. The van der Waals surface area contributed by atoms with E-state index in [1.165, 1.54) is 6.07 Å². The van der Waals surface area contributed by atoms with E-state index in [-0.39, 0.29) is 11.9 Å². The zero-order chi connectivity index (χ0) is 12.8. The van der Waals surface area contributed by atoms with E-state index in [9.17, 15) is 4.39 Å². The molecule has 0 spiro atoms. The molecule has 0 bridgehead atoms. The van der Waals surface area contributed by atoms with Gasteiger partial charge in [0.15, 0.2) is 0 Å². The maximum absolute atomic E-state index is 13.6. The summed E-state index contributed by atoms with van der Waals surface area (Å²) in [7, 11) is 0. The molecule has 4 heteroatoms. The summed E-state index contributed by atoms with van der Waals surface area (Å²) < 4.78 is 13.6. The highest BCUT2D eigenvalue weighted by Crippen LogP contribution is 2.22. The van der Waals surface area contributed by atoms with Gasteiger partial charge in [-0.05, 0) is 30.9 Å². The van der Waals surface area contributed by atoms with Gasteiger partial charge >= 0.3 is 0 Å². The van der Waals surface area contributed by atoms with Crippen molar-refractivity contribution >= 4 is 11.6 Å². The molecule has 0 amide bonds. The van der Waals surface area contributed by atoms with Crippen molar-refractivity contribution in [1.82, 2.24) is 5.43 Å². The SMILES string of the molecule is CCC(C)CC(Cc1c(F)cccc1Cl)NN. The molecule has 1 rings (SSSR count). The van der Waals surface area contributed by atoms with Gasteiger partial charge in [0, 0.05) is 16.6 Å². The van der Waals surface area contributed by atoms with E-state index in [0.29, 0.717) is 22.9 Å². The van der Waals surface area contributed by atoms with Crippen molar-refractivity contribution in [3.05, 3.63) is 34.6 Å². The van der Waals surface area contributed by atoms with Crippen molar-refractivity contribution < 1.29 is 4.39 Å². The number of halogens is 2. The third kappa shape index (κ3) is 4.26. The lowest BCUT2D eigenvalue weighted by molar-refractivity contribution is 0.393. The second kappa shape index (κ2) is 6.94. The fraction of sp³-hybridized carbons (Fsp3) is 0.538. The second-order valence-corrected chi connectivity index (χ2v) is 4.92. The molecule has 0 aromatic heterocycles. The molecule has 2 nitrogen and oxygen atoms in total. The summed E-state index contributed by atoms with van der Waals surface area (Å²) in [5, 5.41) is 0.467. The van der Waals surface area contributed by atoms with Crippen LogP contribution in [0, 0.1) is 11.7 Å². The molecule has 96 valence electrons. The Kier molecular flexibility index (Phi) is 5.89. The molecule has 0 aliphatic rings. The lowest BCUT2D eigenvalue weighted by Gasteiger charge is -2.20. The molecule has 0 fully saturated rings. The zero-order valence-electron chi connectivity index (χ0n) is 10.3. The van der Waals surface area contributed by atoms with Crippen molar-refractivity contribution in [3.8, 4) is 0 Å². The Labute approximate surface area is 107 Å². The maximum Gasteiger partial charge on any atom is 0.127 e. The smallest absolute Gasteiger partial charge is 0.127 e. The summed E-state index contributed by atoms with van der Waals surface area (Å²) in [6.07, 6.45) is 2.52. The van der Waals surface area contributed by atoms with E-state index >= 15 is 0 Å². The number of hydrazine groups is 1. The van der Waals surface area contributed by atoms with Crippen molar-refractivity contribution in [2.45, 2.75) is 39.2 Å². The van der Waals surface area contributed by atoms with E-state index in [1.807, 2.05) is 0 Å². The lowest BCUT2D eigenvalue weighted by Crippen LogP contribution is -2.38. The fourth-order valence-corrected chi connectivity index (χ4v) is 2.08. The topological polar surface area (TPSA) is 38.0 Å². The fourth-order valence-electron chi connectivity index (χ4n) is 1.84. The monoisotopic (exact) mass is 258 g/mol. The van der Waals surface area contributed by atoms with E-state index in [1.54, 1.807) is 12.1 Å². The predicted molar refractivity (Wildman–Crippen MR) is 70.3 cm³/mol. The van der Waals surface area contributed by atoms with Gasteiger partial charge in [-0.25, -0.2) is 4.39 Å². The lowest BCUT2D eigenvalue weighted by atomic mass is 9.95. The first-order chi connectivity index (χ1) is 8.08. The summed E-state index contributed by atoms with van der Waals surface area (Å²) in [4.78, 5) is 0. The van der Waals surface area contributed by atoms with Crippen LogP contribution in [0.2, 0.25) is 5.02 Å². The summed E-state index contributed by atoms with van der Waals surface area (Å²) in [5.41, 5.74) is 3.29. The minimum atomic E-state index is -0.262. The molecule has 1 aromatic rings. The van der Waals surface area contributed by atoms with Gasteiger partial charge in [-0.15, -0.1) is 0 Å². The van der Waals surface area contributed by atoms with Gasteiger partial charge in [0.05, 0.1) is 0 Å². The Bertz CT molecular complexity index is 337. The molecule has 0 saturated heterocycles. The number of hydrogen-bond acceptors (Lipinski definition) is 2. The van der Waals surface area contributed by atoms with Crippen LogP contribution in [0.25, 0.3) is 0 Å². The van der Waals surface area contributed by atoms with Crippen molar-refractivity contribution in [2.75, 3.05) is 0 Å². The first-order valence-electron chi connectivity index (χ1n) is 5.97. The molecule has 0 heterocycles. The Morgan fingerprint density at radius 1 is 1.47 bits per heavy atom. The largest absolute Gasteiger partial charge is 0.271 e. The maximum atomic E-state index is 13.6. The van der Waals surface area contributed by atoms with Gasteiger partial charge in [0.25, 0.3) is 0 Å². The average Bonchev–Trinajstić information content (AvgIpc) is 2.32. The van der Waals surface area contributed by atoms with Gasteiger partial charge in [0.1, 0.15) is 5.82 Å². The van der Waals surface area contributed by atoms with E-state index < -0.39 is 0 Å². The minimum absolute atomic E-state index is 0.0550. The van der Waals surface area contributed by atoms with Crippen molar-refractivity contribution in [3.63, 3.8) is 0 Å². The number of hydrogen-bond donors (Lipinski definition) is 2. The molecule has 3 N–H and O–H groups in total.